The number of hydrogen-bond donors (Lipinski definition) is 1. The zero-order chi connectivity index (χ0) is 18.6. The minimum absolute atomic E-state index is 0. The summed E-state index contributed by atoms with van der Waals surface area (Å²) in [5, 5.41) is 3.18. The van der Waals surface area contributed by atoms with Gasteiger partial charge >= 0.3 is 0 Å². The van der Waals surface area contributed by atoms with Crippen molar-refractivity contribution in [2.24, 2.45) is 0 Å². The second-order valence-corrected chi connectivity index (χ2v) is 7.79. The van der Waals surface area contributed by atoms with Gasteiger partial charge in [-0.25, -0.2) is 0 Å². The predicted octanol–water partition coefficient (Wildman–Crippen LogP) is 1.77. The fourth-order valence-electron chi connectivity index (χ4n) is 4.36. The van der Waals surface area contributed by atoms with Crippen molar-refractivity contribution in [1.82, 2.24) is 0 Å². The van der Waals surface area contributed by atoms with E-state index in [1.807, 2.05) is 6.07 Å². The van der Waals surface area contributed by atoms with Crippen LogP contribution in [0.4, 0.5) is 5.69 Å². The van der Waals surface area contributed by atoms with Gasteiger partial charge in [0.25, 0.3) is 5.91 Å². The third-order valence-corrected chi connectivity index (χ3v) is 5.96. The van der Waals surface area contributed by atoms with Crippen LogP contribution in [0.5, 0.6) is 0 Å². The molecule has 3 nitrogen and oxygen atoms in total. The molecule has 1 saturated heterocycles. The molecule has 0 radical (unpaired) electrons. The topological polar surface area (TPSA) is 29.1 Å². The van der Waals surface area contributed by atoms with Crippen molar-refractivity contribution in [1.29, 1.82) is 0 Å². The van der Waals surface area contributed by atoms with Gasteiger partial charge < -0.3 is 33.8 Å². The van der Waals surface area contributed by atoms with Crippen LogP contribution in [0.25, 0.3) is 0 Å². The van der Waals surface area contributed by atoms with Gasteiger partial charge in [0.05, 0.1) is 19.6 Å². The summed E-state index contributed by atoms with van der Waals surface area (Å²) in [7, 11) is 0. The van der Waals surface area contributed by atoms with Crippen LogP contribution in [-0.2, 0) is 4.79 Å². The van der Waals surface area contributed by atoms with Gasteiger partial charge in [-0.05, 0) is 50.3 Å². The van der Waals surface area contributed by atoms with Crippen molar-refractivity contribution in [3.63, 3.8) is 0 Å². The van der Waals surface area contributed by atoms with Crippen molar-refractivity contribution < 1.29 is 33.3 Å². The number of benzene rings is 2. The van der Waals surface area contributed by atoms with Gasteiger partial charge in [0.2, 0.25) is 0 Å². The van der Waals surface area contributed by atoms with Crippen molar-refractivity contribution in [3.8, 4) is 0 Å². The van der Waals surface area contributed by atoms with Crippen LogP contribution in [0.3, 0.4) is 0 Å². The molecule has 0 aromatic heterocycles. The molecule has 0 spiro atoms. The molecule has 2 aromatic carbocycles. The maximum atomic E-state index is 12.9. The number of carbonyl (C=O) groups is 1. The summed E-state index contributed by atoms with van der Waals surface area (Å²) < 4.78 is 0.885. The Morgan fingerprint density at radius 1 is 1.07 bits per heavy atom. The minimum atomic E-state index is 0. The van der Waals surface area contributed by atoms with Gasteiger partial charge in [-0.2, -0.15) is 13.5 Å². The van der Waals surface area contributed by atoms with E-state index in [2.05, 4.69) is 68.6 Å². The first-order valence-electron chi connectivity index (χ1n) is 9.79. The fourth-order valence-corrected chi connectivity index (χ4v) is 4.36. The molecule has 0 aliphatic carbocycles. The highest BCUT2D eigenvalue weighted by Crippen LogP contribution is 2.31. The lowest BCUT2D eigenvalue weighted by molar-refractivity contribution is -0.924. The van der Waals surface area contributed by atoms with Crippen LogP contribution in [0.2, 0.25) is 0 Å². The first-order chi connectivity index (χ1) is 12.5. The SMILES string of the molecule is CC[N+]1(CC(=O)Nc2c(C)cccc2C)CCC[C@@H](c2ccccc2)C1.S.[I-]. The lowest BCUT2D eigenvalue weighted by atomic mass is 9.89. The number of nitrogens with one attached hydrogen (secondary N) is 1. The first kappa shape index (κ1) is 25.0. The Labute approximate surface area is 194 Å². The number of likely N-dealkylation sites (N-methyl/N-ethyl adjacent to an activating group) is 1. The number of para-hydroxylation sites is 1. The molecule has 5 heteroatoms. The lowest BCUT2D eigenvalue weighted by Gasteiger charge is -2.43. The first-order valence-corrected chi connectivity index (χ1v) is 9.79. The molecule has 1 unspecified atom stereocenters. The normalized spacial score (nSPS) is 21.2. The quantitative estimate of drug-likeness (QED) is 0.481. The highest BCUT2D eigenvalue weighted by atomic mass is 127. The predicted molar refractivity (Wildman–Crippen MR) is 119 cm³/mol. The number of halogens is 1. The highest BCUT2D eigenvalue weighted by molar-refractivity contribution is 7.59. The molecule has 2 aromatic rings. The number of piperidine rings is 1. The highest BCUT2D eigenvalue weighted by Gasteiger charge is 2.36. The summed E-state index contributed by atoms with van der Waals surface area (Å²) in [4.78, 5) is 12.9. The van der Waals surface area contributed by atoms with Crippen molar-refractivity contribution in [2.45, 2.75) is 39.5 Å². The number of carbonyl (C=O) groups excluding carboxylic acids is 1. The summed E-state index contributed by atoms with van der Waals surface area (Å²) in [6.45, 7) is 10.1. The van der Waals surface area contributed by atoms with E-state index in [1.54, 1.807) is 0 Å². The van der Waals surface area contributed by atoms with E-state index in [0.29, 0.717) is 12.5 Å². The monoisotopic (exact) mass is 512 g/mol. The maximum Gasteiger partial charge on any atom is 0.279 e. The van der Waals surface area contributed by atoms with Crippen LogP contribution in [-0.4, -0.2) is 36.6 Å². The number of aryl methyl sites for hydroxylation is 2. The largest absolute Gasteiger partial charge is 1.00 e. The molecule has 1 fully saturated rings. The van der Waals surface area contributed by atoms with E-state index in [1.165, 1.54) is 18.4 Å². The van der Waals surface area contributed by atoms with Crippen molar-refractivity contribution >= 4 is 25.1 Å². The summed E-state index contributed by atoms with van der Waals surface area (Å²) in [5.74, 6) is 0.691. The number of amides is 1. The Morgan fingerprint density at radius 2 is 1.71 bits per heavy atom. The maximum absolute atomic E-state index is 12.9. The van der Waals surface area contributed by atoms with Gasteiger partial charge in [0.15, 0.2) is 6.54 Å². The molecular formula is C23H33IN2OS. The Bertz CT molecular complexity index is 748. The van der Waals surface area contributed by atoms with Crippen molar-refractivity contribution in [3.05, 3.63) is 65.2 Å². The van der Waals surface area contributed by atoms with E-state index < -0.39 is 0 Å². The van der Waals surface area contributed by atoms with Gasteiger partial charge in [0.1, 0.15) is 0 Å². The molecule has 3 rings (SSSR count). The van der Waals surface area contributed by atoms with E-state index in [0.717, 1.165) is 40.9 Å². The van der Waals surface area contributed by atoms with E-state index in [4.69, 9.17) is 0 Å². The number of quaternary nitrogens is 1. The standard InChI is InChI=1S/C23H30N2O.HI.H2S/c1-4-25(15-9-14-21(16-25)20-12-6-5-7-13-20)17-22(26)24-23-18(2)10-8-11-19(23)3;;/h5-8,10-13,21H,4,9,14-17H2,1-3H3;1H;1H2/t21-,25?;;/m1../s1. The van der Waals surface area contributed by atoms with E-state index in [9.17, 15) is 4.79 Å². The average Bonchev–Trinajstić information content (AvgIpc) is 2.66. The summed E-state index contributed by atoms with van der Waals surface area (Å²) in [5.41, 5.74) is 4.64. The number of anilines is 1. The van der Waals surface area contributed by atoms with Crippen molar-refractivity contribution in [2.75, 3.05) is 31.5 Å². The third-order valence-electron chi connectivity index (χ3n) is 5.96. The number of rotatable bonds is 5. The lowest BCUT2D eigenvalue weighted by Crippen LogP contribution is -3.00. The smallest absolute Gasteiger partial charge is 0.279 e. The average molecular weight is 513 g/mol. The second kappa shape index (κ2) is 11.2. The molecule has 0 bridgehead atoms. The molecular weight excluding hydrogens is 479 g/mol. The zero-order valence-electron chi connectivity index (χ0n) is 17.2. The molecule has 1 aliphatic rings. The molecule has 28 heavy (non-hydrogen) atoms. The molecule has 1 N–H and O–H groups in total. The number of likely N-dealkylation sites (tertiary alicyclic amines) is 1. The van der Waals surface area contributed by atoms with Crippen LogP contribution >= 0.6 is 13.5 Å². The van der Waals surface area contributed by atoms with Crippen LogP contribution in [0, 0.1) is 13.8 Å². The molecule has 0 saturated carbocycles. The zero-order valence-corrected chi connectivity index (χ0v) is 20.3. The van der Waals surface area contributed by atoms with E-state index >= 15 is 0 Å². The fraction of sp³-hybridized carbons (Fsp3) is 0.435. The summed E-state index contributed by atoms with van der Waals surface area (Å²) >= 11 is 0. The van der Waals surface area contributed by atoms with Crippen LogP contribution in [0.15, 0.2) is 48.5 Å². The Hall–Kier alpha value is -1.05. The Balaban J connectivity index is 0.00000196. The Kier molecular flexibility index (Phi) is 10.0. The van der Waals surface area contributed by atoms with Gasteiger partial charge in [-0.15, -0.1) is 0 Å². The number of hydrogen-bond acceptors (Lipinski definition) is 1. The van der Waals surface area contributed by atoms with Crippen LogP contribution in [0.1, 0.15) is 42.4 Å². The van der Waals surface area contributed by atoms with Gasteiger partial charge in [-0.1, -0.05) is 48.5 Å². The second-order valence-electron chi connectivity index (χ2n) is 7.79. The molecule has 1 aliphatic heterocycles. The van der Waals surface area contributed by atoms with Gasteiger partial charge in [-0.3, -0.25) is 4.79 Å². The molecule has 1 heterocycles. The summed E-state index contributed by atoms with van der Waals surface area (Å²) in [6, 6.07) is 16.9. The Morgan fingerprint density at radius 3 is 2.32 bits per heavy atom. The third kappa shape index (κ3) is 5.97. The number of nitrogens with zero attached hydrogens (tertiary/aromatic N) is 1. The molecule has 1 amide bonds. The van der Waals surface area contributed by atoms with Crippen LogP contribution < -0.4 is 29.3 Å². The molecule has 2 atom stereocenters. The van der Waals surface area contributed by atoms with E-state index in [-0.39, 0.29) is 43.4 Å². The molecule has 154 valence electrons. The summed E-state index contributed by atoms with van der Waals surface area (Å²) in [6.07, 6.45) is 2.41. The minimum Gasteiger partial charge on any atom is -1.00 e. The van der Waals surface area contributed by atoms with Gasteiger partial charge in [0, 0.05) is 11.6 Å².